The maximum atomic E-state index is 12.2. The molecule has 0 aliphatic carbocycles. The Morgan fingerprint density at radius 1 is 1.14 bits per heavy atom. The standard InChI is InChI=1S/C23H26N3O2/c1-23(2,3)28-22(27)25-13-10-19(11-14-25)17-6-8-18(9-7-17)20-15-21-5-4-12-24-26(21)16-20/h4,6-9,12,15-16,19H,10-11,13-14H2,1-3H3. The molecule has 4 rings (SSSR count). The third kappa shape index (κ3) is 4.03. The highest BCUT2D eigenvalue weighted by molar-refractivity contribution is 5.70. The third-order valence-corrected chi connectivity index (χ3v) is 5.16. The zero-order chi connectivity index (χ0) is 19.7. The molecule has 0 spiro atoms. The van der Waals surface area contributed by atoms with Crippen LogP contribution in [0.1, 0.15) is 45.1 Å². The summed E-state index contributed by atoms with van der Waals surface area (Å²) in [6.07, 6.45) is 5.50. The molecule has 28 heavy (non-hydrogen) atoms. The second-order valence-corrected chi connectivity index (χ2v) is 8.40. The molecule has 1 aliphatic heterocycles. The Morgan fingerprint density at radius 2 is 1.86 bits per heavy atom. The summed E-state index contributed by atoms with van der Waals surface area (Å²) in [6.45, 7) is 7.20. The first-order valence-corrected chi connectivity index (χ1v) is 9.82. The maximum Gasteiger partial charge on any atom is 0.410 e. The second-order valence-electron chi connectivity index (χ2n) is 8.40. The van der Waals surface area contributed by atoms with Crippen LogP contribution in [0.2, 0.25) is 0 Å². The number of fused-ring (bicyclic) bond motifs is 1. The van der Waals surface area contributed by atoms with Gasteiger partial charge in [-0.3, -0.25) is 0 Å². The van der Waals surface area contributed by atoms with Gasteiger partial charge in [0.25, 0.3) is 0 Å². The highest BCUT2D eigenvalue weighted by Gasteiger charge is 2.27. The second kappa shape index (κ2) is 7.30. The molecular weight excluding hydrogens is 350 g/mol. The minimum atomic E-state index is -0.444. The number of ether oxygens (including phenoxy) is 1. The van der Waals surface area contributed by atoms with Crippen molar-refractivity contribution in [2.75, 3.05) is 13.1 Å². The van der Waals surface area contributed by atoms with Gasteiger partial charge < -0.3 is 9.64 Å². The van der Waals surface area contributed by atoms with E-state index in [0.29, 0.717) is 5.92 Å². The molecular formula is C23H26N3O2. The van der Waals surface area contributed by atoms with E-state index in [0.717, 1.165) is 37.0 Å². The largest absolute Gasteiger partial charge is 0.444 e. The molecule has 1 radical (unpaired) electrons. The van der Waals surface area contributed by atoms with Gasteiger partial charge in [-0.25, -0.2) is 9.31 Å². The van der Waals surface area contributed by atoms with Gasteiger partial charge >= 0.3 is 6.09 Å². The van der Waals surface area contributed by atoms with E-state index in [4.69, 9.17) is 4.74 Å². The van der Waals surface area contributed by atoms with Gasteiger partial charge in [0.2, 0.25) is 0 Å². The normalized spacial score (nSPS) is 15.8. The summed E-state index contributed by atoms with van der Waals surface area (Å²) in [6, 6.07) is 15.9. The van der Waals surface area contributed by atoms with Crippen LogP contribution in [0.3, 0.4) is 0 Å². The van der Waals surface area contributed by atoms with Crippen molar-refractivity contribution in [1.82, 2.24) is 14.5 Å². The quantitative estimate of drug-likeness (QED) is 0.638. The Balaban J connectivity index is 1.40. The lowest BCUT2D eigenvalue weighted by Gasteiger charge is -2.33. The highest BCUT2D eigenvalue weighted by Crippen LogP contribution is 2.31. The zero-order valence-corrected chi connectivity index (χ0v) is 16.7. The van der Waals surface area contributed by atoms with Crippen LogP contribution in [0.15, 0.2) is 48.8 Å². The predicted molar refractivity (Wildman–Crippen MR) is 109 cm³/mol. The molecule has 1 amide bonds. The summed E-state index contributed by atoms with van der Waals surface area (Å²) in [4.78, 5) is 14.1. The Morgan fingerprint density at radius 3 is 2.50 bits per heavy atom. The minimum absolute atomic E-state index is 0.201. The van der Waals surface area contributed by atoms with E-state index in [2.05, 4.69) is 41.5 Å². The maximum absolute atomic E-state index is 12.2. The first-order valence-electron chi connectivity index (χ1n) is 9.82. The Kier molecular flexibility index (Phi) is 4.84. The van der Waals surface area contributed by atoms with Crippen molar-refractivity contribution in [1.29, 1.82) is 0 Å². The molecule has 3 aromatic rings. The lowest BCUT2D eigenvalue weighted by Crippen LogP contribution is -2.41. The highest BCUT2D eigenvalue weighted by atomic mass is 16.6. The molecule has 0 atom stereocenters. The topological polar surface area (TPSA) is 46.8 Å². The van der Waals surface area contributed by atoms with E-state index >= 15 is 0 Å². The van der Waals surface area contributed by atoms with Gasteiger partial charge in [-0.2, -0.15) is 5.10 Å². The van der Waals surface area contributed by atoms with E-state index in [1.54, 1.807) is 6.20 Å². The van der Waals surface area contributed by atoms with E-state index in [1.165, 1.54) is 11.1 Å². The first kappa shape index (κ1) is 18.5. The van der Waals surface area contributed by atoms with Crippen LogP contribution in [0.4, 0.5) is 4.79 Å². The molecule has 0 N–H and O–H groups in total. The van der Waals surface area contributed by atoms with Crippen molar-refractivity contribution in [3.8, 4) is 11.1 Å². The number of hydrogen-bond acceptors (Lipinski definition) is 3. The van der Waals surface area contributed by atoms with Crippen LogP contribution in [-0.2, 0) is 4.74 Å². The monoisotopic (exact) mass is 376 g/mol. The lowest BCUT2D eigenvalue weighted by atomic mass is 9.89. The van der Waals surface area contributed by atoms with Crippen LogP contribution in [-0.4, -0.2) is 39.3 Å². The van der Waals surface area contributed by atoms with Gasteiger partial charge in [-0.05, 0) is 62.8 Å². The number of rotatable bonds is 2. The number of carbonyl (C=O) groups excluding carboxylic acids is 1. The number of nitrogens with zero attached hydrogens (tertiary/aromatic N) is 3. The fourth-order valence-electron chi connectivity index (χ4n) is 3.71. The van der Waals surface area contributed by atoms with Crippen molar-refractivity contribution in [2.45, 2.75) is 45.1 Å². The summed E-state index contributed by atoms with van der Waals surface area (Å²) in [5.41, 5.74) is 4.17. The SMILES string of the molecule is CC(C)(C)OC(=O)N1CCC(c2ccc(-c3cc4[c]ccnn4c3)cc2)CC1. The fourth-order valence-corrected chi connectivity index (χ4v) is 3.71. The first-order chi connectivity index (χ1) is 13.4. The Hall–Kier alpha value is -2.82. The molecule has 145 valence electrons. The van der Waals surface area contributed by atoms with Crippen LogP contribution >= 0.6 is 0 Å². The fraction of sp³-hybridized carbons (Fsp3) is 0.391. The molecule has 1 aromatic carbocycles. The number of carbonyl (C=O) groups is 1. The van der Waals surface area contributed by atoms with E-state index in [1.807, 2.05) is 42.4 Å². The summed E-state index contributed by atoms with van der Waals surface area (Å²) >= 11 is 0. The average Bonchev–Trinajstić information content (AvgIpc) is 3.11. The lowest BCUT2D eigenvalue weighted by molar-refractivity contribution is 0.0205. The number of hydrogen-bond donors (Lipinski definition) is 0. The minimum Gasteiger partial charge on any atom is -0.444 e. The van der Waals surface area contributed by atoms with Crippen molar-refractivity contribution in [3.63, 3.8) is 0 Å². The van der Waals surface area contributed by atoms with Crippen molar-refractivity contribution in [3.05, 3.63) is 60.4 Å². The Bertz CT molecular complexity index is 928. The molecule has 2 aromatic heterocycles. The number of aromatic nitrogens is 2. The van der Waals surface area contributed by atoms with Crippen molar-refractivity contribution in [2.24, 2.45) is 0 Å². The summed E-state index contributed by atoms with van der Waals surface area (Å²) < 4.78 is 7.33. The summed E-state index contributed by atoms with van der Waals surface area (Å²) in [5, 5.41) is 4.30. The van der Waals surface area contributed by atoms with Gasteiger partial charge in [0.05, 0.1) is 5.52 Å². The smallest absolute Gasteiger partial charge is 0.410 e. The predicted octanol–water partition coefficient (Wildman–Crippen LogP) is 4.92. The third-order valence-electron chi connectivity index (χ3n) is 5.16. The van der Waals surface area contributed by atoms with Gasteiger partial charge in [-0.15, -0.1) is 0 Å². The van der Waals surface area contributed by atoms with Gasteiger partial charge in [0.1, 0.15) is 5.60 Å². The number of piperidine rings is 1. The van der Waals surface area contributed by atoms with Gasteiger partial charge in [0.15, 0.2) is 0 Å². The Labute approximate surface area is 165 Å². The van der Waals surface area contributed by atoms with Gasteiger partial charge in [-0.1, -0.05) is 24.3 Å². The van der Waals surface area contributed by atoms with Gasteiger partial charge in [0, 0.05) is 37.1 Å². The van der Waals surface area contributed by atoms with E-state index in [9.17, 15) is 4.79 Å². The molecule has 0 saturated carbocycles. The molecule has 3 heterocycles. The van der Waals surface area contributed by atoms with Crippen LogP contribution in [0, 0.1) is 6.07 Å². The van der Waals surface area contributed by atoms with E-state index in [-0.39, 0.29) is 6.09 Å². The number of likely N-dealkylation sites (tertiary alicyclic amines) is 1. The molecule has 1 aliphatic rings. The molecule has 1 fully saturated rings. The van der Waals surface area contributed by atoms with Crippen LogP contribution in [0.25, 0.3) is 16.6 Å². The van der Waals surface area contributed by atoms with Crippen LogP contribution < -0.4 is 0 Å². The van der Waals surface area contributed by atoms with Crippen LogP contribution in [0.5, 0.6) is 0 Å². The molecule has 5 heteroatoms. The van der Waals surface area contributed by atoms with Crippen molar-refractivity contribution >= 4 is 11.6 Å². The van der Waals surface area contributed by atoms with Crippen molar-refractivity contribution < 1.29 is 9.53 Å². The summed E-state index contributed by atoms with van der Waals surface area (Å²) in [5.74, 6) is 0.482. The molecule has 0 bridgehead atoms. The average molecular weight is 376 g/mol. The molecule has 0 unspecified atom stereocenters. The van der Waals surface area contributed by atoms with E-state index < -0.39 is 5.60 Å². The number of amides is 1. The summed E-state index contributed by atoms with van der Waals surface area (Å²) in [7, 11) is 0. The zero-order valence-electron chi connectivity index (χ0n) is 16.7. The molecule has 1 saturated heterocycles. The number of benzene rings is 1. The molecule has 5 nitrogen and oxygen atoms in total.